The van der Waals surface area contributed by atoms with Gasteiger partial charge in [0, 0.05) is 21.2 Å². The Labute approximate surface area is 146 Å². The van der Waals surface area contributed by atoms with Crippen molar-refractivity contribution in [3.05, 3.63) is 69.4 Å². The van der Waals surface area contributed by atoms with E-state index in [1.54, 1.807) is 11.3 Å². The number of aryl methyl sites for hydroxylation is 1. The standard InChI is InChI=1S/C18H15ClNOPS/c1-11-12(9-10-23-11)18(21)20-16-8-3-2-5-13(16)14-6-4-7-15(19)17(14)22/h2-10H,22H2,1H3,(H,20,21). The zero-order chi connectivity index (χ0) is 16.4. The number of amides is 1. The van der Waals surface area contributed by atoms with Gasteiger partial charge in [0.25, 0.3) is 5.91 Å². The molecule has 0 radical (unpaired) electrons. The van der Waals surface area contributed by atoms with Crippen molar-refractivity contribution < 1.29 is 4.79 Å². The topological polar surface area (TPSA) is 29.1 Å². The highest BCUT2D eigenvalue weighted by molar-refractivity contribution is 7.28. The van der Waals surface area contributed by atoms with Gasteiger partial charge >= 0.3 is 0 Å². The van der Waals surface area contributed by atoms with Crippen molar-refractivity contribution in [2.45, 2.75) is 6.92 Å². The zero-order valence-corrected chi connectivity index (χ0v) is 15.2. The van der Waals surface area contributed by atoms with E-state index in [2.05, 4.69) is 14.6 Å². The van der Waals surface area contributed by atoms with E-state index in [-0.39, 0.29) is 5.91 Å². The van der Waals surface area contributed by atoms with Crippen LogP contribution >= 0.6 is 32.2 Å². The van der Waals surface area contributed by atoms with Gasteiger partial charge in [-0.15, -0.1) is 20.6 Å². The summed E-state index contributed by atoms with van der Waals surface area (Å²) in [5, 5.41) is 6.54. The Kier molecular flexibility index (Phi) is 4.82. The molecule has 0 spiro atoms. The summed E-state index contributed by atoms with van der Waals surface area (Å²) in [6.45, 7) is 1.95. The molecular weight excluding hydrogens is 345 g/mol. The molecule has 0 aliphatic rings. The number of anilines is 1. The number of hydrogen-bond acceptors (Lipinski definition) is 2. The van der Waals surface area contributed by atoms with Crippen molar-refractivity contribution in [2.75, 3.05) is 5.32 Å². The lowest BCUT2D eigenvalue weighted by Gasteiger charge is -2.13. The first kappa shape index (κ1) is 16.2. The number of benzene rings is 2. The Morgan fingerprint density at radius 1 is 1.09 bits per heavy atom. The maximum absolute atomic E-state index is 12.5. The average molecular weight is 360 g/mol. The highest BCUT2D eigenvalue weighted by Crippen LogP contribution is 2.30. The number of thiophene rings is 1. The molecule has 0 aliphatic heterocycles. The minimum atomic E-state index is -0.0939. The summed E-state index contributed by atoms with van der Waals surface area (Å²) < 4.78 is 0. The molecule has 23 heavy (non-hydrogen) atoms. The normalized spacial score (nSPS) is 10.6. The van der Waals surface area contributed by atoms with E-state index in [1.165, 1.54) is 0 Å². The molecule has 1 unspecified atom stereocenters. The second-order valence-corrected chi connectivity index (χ2v) is 7.20. The molecule has 0 aliphatic carbocycles. The molecule has 116 valence electrons. The molecule has 0 saturated heterocycles. The van der Waals surface area contributed by atoms with Crippen molar-refractivity contribution in [3.63, 3.8) is 0 Å². The maximum Gasteiger partial charge on any atom is 0.256 e. The summed E-state index contributed by atoms with van der Waals surface area (Å²) in [4.78, 5) is 13.5. The van der Waals surface area contributed by atoms with Crippen molar-refractivity contribution in [1.82, 2.24) is 0 Å². The van der Waals surface area contributed by atoms with Gasteiger partial charge in [0.1, 0.15) is 0 Å². The summed E-state index contributed by atoms with van der Waals surface area (Å²) in [6.07, 6.45) is 0. The van der Waals surface area contributed by atoms with Gasteiger partial charge in [0.15, 0.2) is 0 Å². The van der Waals surface area contributed by atoms with Crippen LogP contribution in [0, 0.1) is 6.92 Å². The summed E-state index contributed by atoms with van der Waals surface area (Å²) in [7, 11) is 2.67. The van der Waals surface area contributed by atoms with E-state index < -0.39 is 0 Å². The zero-order valence-electron chi connectivity index (χ0n) is 12.5. The van der Waals surface area contributed by atoms with Crippen LogP contribution in [0.5, 0.6) is 0 Å². The average Bonchev–Trinajstić information content (AvgIpc) is 2.97. The second-order valence-electron chi connectivity index (χ2n) is 5.09. The minimum absolute atomic E-state index is 0.0939. The summed E-state index contributed by atoms with van der Waals surface area (Å²) in [5.41, 5.74) is 3.41. The molecule has 0 saturated carbocycles. The van der Waals surface area contributed by atoms with Gasteiger partial charge in [0.2, 0.25) is 0 Å². The predicted molar refractivity (Wildman–Crippen MR) is 103 cm³/mol. The molecule has 3 aromatic rings. The molecule has 0 fully saturated rings. The first-order valence-electron chi connectivity index (χ1n) is 7.06. The first-order chi connectivity index (χ1) is 11.1. The second kappa shape index (κ2) is 6.84. The Hall–Kier alpha value is -1.67. The van der Waals surface area contributed by atoms with E-state index >= 15 is 0 Å². The molecule has 1 aromatic heterocycles. The molecule has 1 amide bonds. The largest absolute Gasteiger partial charge is 0.321 e. The summed E-state index contributed by atoms with van der Waals surface area (Å²) in [6, 6.07) is 15.3. The maximum atomic E-state index is 12.5. The van der Waals surface area contributed by atoms with Gasteiger partial charge in [-0.3, -0.25) is 4.79 Å². The molecule has 1 atom stereocenters. The number of halogens is 1. The fourth-order valence-electron chi connectivity index (χ4n) is 2.41. The Balaban J connectivity index is 2.00. The number of rotatable bonds is 3. The van der Waals surface area contributed by atoms with Crippen LogP contribution in [-0.4, -0.2) is 5.91 Å². The monoisotopic (exact) mass is 359 g/mol. The fourth-order valence-corrected chi connectivity index (χ4v) is 3.63. The Morgan fingerprint density at radius 3 is 2.57 bits per heavy atom. The van der Waals surface area contributed by atoms with Gasteiger partial charge in [-0.05, 0) is 41.4 Å². The molecule has 1 heterocycles. The number of carbonyl (C=O) groups is 1. The molecule has 3 rings (SSSR count). The third-order valence-electron chi connectivity index (χ3n) is 3.62. The molecule has 2 aromatic carbocycles. The molecular formula is C18H15ClNOPS. The summed E-state index contributed by atoms with van der Waals surface area (Å²) >= 11 is 7.78. The van der Waals surface area contributed by atoms with Crippen LogP contribution in [0.1, 0.15) is 15.2 Å². The lowest BCUT2D eigenvalue weighted by atomic mass is 10.0. The number of carbonyl (C=O) groups excluding carboxylic acids is 1. The summed E-state index contributed by atoms with van der Waals surface area (Å²) in [5.74, 6) is -0.0939. The highest BCUT2D eigenvalue weighted by atomic mass is 35.5. The fraction of sp³-hybridized carbons (Fsp3) is 0.0556. The molecule has 5 heteroatoms. The van der Waals surface area contributed by atoms with Crippen LogP contribution < -0.4 is 10.6 Å². The van der Waals surface area contributed by atoms with Gasteiger partial charge in [-0.2, -0.15) is 0 Å². The van der Waals surface area contributed by atoms with Crippen LogP contribution in [0.4, 0.5) is 5.69 Å². The lowest BCUT2D eigenvalue weighted by Crippen LogP contribution is -2.13. The number of hydrogen-bond donors (Lipinski definition) is 1. The van der Waals surface area contributed by atoms with E-state index in [4.69, 9.17) is 11.6 Å². The van der Waals surface area contributed by atoms with Crippen LogP contribution in [0.2, 0.25) is 5.02 Å². The van der Waals surface area contributed by atoms with E-state index in [1.807, 2.05) is 60.8 Å². The van der Waals surface area contributed by atoms with Crippen molar-refractivity contribution in [2.24, 2.45) is 0 Å². The first-order valence-corrected chi connectivity index (χ1v) is 8.90. The number of para-hydroxylation sites is 1. The SMILES string of the molecule is Cc1sccc1C(=O)Nc1ccccc1-c1cccc(Cl)c1P. The van der Waals surface area contributed by atoms with Crippen molar-refractivity contribution in [3.8, 4) is 11.1 Å². The van der Waals surface area contributed by atoms with Gasteiger partial charge in [-0.25, -0.2) is 0 Å². The van der Waals surface area contributed by atoms with Gasteiger partial charge < -0.3 is 5.32 Å². The van der Waals surface area contributed by atoms with E-state index in [0.717, 1.165) is 27.0 Å². The Morgan fingerprint density at radius 2 is 1.83 bits per heavy atom. The van der Waals surface area contributed by atoms with Gasteiger partial charge in [-0.1, -0.05) is 41.9 Å². The molecule has 2 nitrogen and oxygen atoms in total. The van der Waals surface area contributed by atoms with Crippen LogP contribution in [0.25, 0.3) is 11.1 Å². The van der Waals surface area contributed by atoms with E-state index in [0.29, 0.717) is 10.6 Å². The quantitative estimate of drug-likeness (QED) is 0.645. The third-order valence-corrected chi connectivity index (χ3v) is 5.60. The van der Waals surface area contributed by atoms with Gasteiger partial charge in [0.05, 0.1) is 5.56 Å². The van der Waals surface area contributed by atoms with Crippen LogP contribution in [-0.2, 0) is 0 Å². The van der Waals surface area contributed by atoms with E-state index in [9.17, 15) is 4.79 Å². The third kappa shape index (κ3) is 3.32. The smallest absolute Gasteiger partial charge is 0.256 e. The Bertz CT molecular complexity index is 875. The highest BCUT2D eigenvalue weighted by Gasteiger charge is 2.14. The van der Waals surface area contributed by atoms with Crippen molar-refractivity contribution in [1.29, 1.82) is 0 Å². The van der Waals surface area contributed by atoms with Crippen LogP contribution in [0.15, 0.2) is 53.9 Å². The molecule has 0 bridgehead atoms. The minimum Gasteiger partial charge on any atom is -0.321 e. The lowest BCUT2D eigenvalue weighted by molar-refractivity contribution is 0.102. The number of nitrogens with one attached hydrogen (secondary N) is 1. The predicted octanol–water partition coefficient (Wildman–Crippen LogP) is 5.13. The molecule has 1 N–H and O–H groups in total. The van der Waals surface area contributed by atoms with Crippen LogP contribution in [0.3, 0.4) is 0 Å². The van der Waals surface area contributed by atoms with Crippen molar-refractivity contribution >= 4 is 49.1 Å².